The highest BCUT2D eigenvalue weighted by atomic mass is 19.0. The number of nitrogens with one attached hydrogen (secondary N) is 6. The Balaban J connectivity index is 0.000000394. The molecule has 6 N–H and O–H groups in total. The van der Waals surface area contributed by atoms with E-state index in [1.54, 1.807) is 0 Å². The smallest absolute Gasteiger partial charge is 0.0786 e. The molecule has 6 aromatic rings. The normalized spacial score (nSPS) is 18.3. The first-order valence-electron chi connectivity index (χ1n) is 28.4. The standard InChI is InChI=1S/C45H60N8.C16H36N.FH/c1-7-43(8-2)37-19-13-31(46-37)25-52-27-33-15-21-39(48-33)44(9-3,10-4)40-22-16-34(49-40)28-53(26-32-14-20-38(43)47-32)30-36-18-24-42(51-36)45(11-5,12-6)41-23-17-35(29-52)50-41;1-5-9-13-17(14-10-6-2,15-11-7-3)16-12-8-4;/h13-24,46-51H,7-12,25-30H2,1-6H3;5-16H2,1-4H3;1H/q;+1;/p-1. The first-order valence-corrected chi connectivity index (χ1v) is 28.4. The molecule has 0 saturated heterocycles. The number of aromatic nitrogens is 6. The molecule has 0 spiro atoms. The minimum Gasteiger partial charge on any atom is -1.00 e. The summed E-state index contributed by atoms with van der Waals surface area (Å²) in [6, 6.07) is 28.0. The maximum atomic E-state index is 3.96. The van der Waals surface area contributed by atoms with E-state index in [0.717, 1.165) is 77.8 Å². The Labute approximate surface area is 429 Å². The number of hydrogen-bond acceptors (Lipinski definition) is 2. The molecule has 14 bridgehead atoms. The molecule has 9 nitrogen and oxygen atoms in total. The molecule has 0 unspecified atom stereocenters. The summed E-state index contributed by atoms with van der Waals surface area (Å²) in [6.45, 7) is 33.9. The number of nitrogens with zero attached hydrogens (tertiary/aromatic N) is 3. The van der Waals surface area contributed by atoms with Crippen molar-refractivity contribution >= 4 is 0 Å². The fourth-order valence-corrected chi connectivity index (χ4v) is 12.8. The van der Waals surface area contributed by atoms with Gasteiger partial charge in [0, 0.05) is 124 Å². The third-order valence-corrected chi connectivity index (χ3v) is 17.5. The van der Waals surface area contributed by atoms with E-state index < -0.39 is 0 Å². The Bertz CT molecular complexity index is 2020. The van der Waals surface area contributed by atoms with Gasteiger partial charge in [-0.2, -0.15) is 0 Å². The zero-order valence-electron chi connectivity index (χ0n) is 46.1. The maximum absolute atomic E-state index is 3.96. The SMILES string of the molecule is CCC1(CC)c2ccc([nH]2)CN2Cc3ccc([nH]3)C(CC)(CC)c3ccc([nH]3)CN(Cc3ccc1[nH]3)Cc1ccc([nH]1)C(CC)(CC)c1ccc([nH]1)C2.CCCC[N+](CCCC)(CCCC)CCCC.[F-]. The van der Waals surface area contributed by atoms with Crippen molar-refractivity contribution in [3.05, 3.63) is 141 Å². The summed E-state index contributed by atoms with van der Waals surface area (Å²) in [7, 11) is 0. The predicted octanol–water partition coefficient (Wildman–Crippen LogP) is 12.0. The van der Waals surface area contributed by atoms with Crippen LogP contribution in [0.1, 0.15) is 227 Å². The van der Waals surface area contributed by atoms with Crippen molar-refractivity contribution in [3.8, 4) is 0 Å². The van der Waals surface area contributed by atoms with E-state index in [1.807, 2.05) is 0 Å². The van der Waals surface area contributed by atoms with Crippen molar-refractivity contribution < 1.29 is 9.19 Å². The highest BCUT2D eigenvalue weighted by molar-refractivity contribution is 5.38. The van der Waals surface area contributed by atoms with Gasteiger partial charge in [-0.05, 0) is 137 Å². The number of halogens is 1. The fourth-order valence-electron chi connectivity index (χ4n) is 12.8. The quantitative estimate of drug-likeness (QED) is 0.0484. The summed E-state index contributed by atoms with van der Waals surface area (Å²) in [4.78, 5) is 28.9. The molecule has 0 radical (unpaired) electrons. The Kier molecular flexibility index (Phi) is 20.0. The van der Waals surface area contributed by atoms with Gasteiger partial charge in [-0.3, -0.25) is 9.80 Å². The zero-order valence-corrected chi connectivity index (χ0v) is 46.1. The number of aromatic amines is 6. The molecule has 9 heterocycles. The second-order valence-electron chi connectivity index (χ2n) is 21.7. The third kappa shape index (κ3) is 12.1. The first-order chi connectivity index (χ1) is 34.0. The maximum Gasteiger partial charge on any atom is 0.0786 e. The van der Waals surface area contributed by atoms with Gasteiger partial charge in [-0.25, -0.2) is 0 Å². The highest BCUT2D eigenvalue weighted by Gasteiger charge is 2.37. The number of hydrogen-bond donors (Lipinski definition) is 6. The molecule has 3 aliphatic heterocycles. The van der Waals surface area contributed by atoms with E-state index >= 15 is 0 Å². The summed E-state index contributed by atoms with van der Waals surface area (Å²) in [5, 5.41) is 0. The van der Waals surface area contributed by atoms with Crippen molar-refractivity contribution in [1.82, 2.24) is 39.7 Å². The number of rotatable bonds is 18. The Morgan fingerprint density at radius 1 is 0.324 bits per heavy atom. The van der Waals surface area contributed by atoms with Gasteiger partial charge in [0.2, 0.25) is 0 Å². The first kappa shape index (κ1) is 55.8. The molecule has 0 aliphatic carbocycles. The zero-order chi connectivity index (χ0) is 49.8. The van der Waals surface area contributed by atoms with Gasteiger partial charge in [0.25, 0.3) is 0 Å². The van der Waals surface area contributed by atoms with E-state index in [4.69, 9.17) is 0 Å². The molecule has 0 atom stereocenters. The van der Waals surface area contributed by atoms with Crippen LogP contribution in [-0.2, 0) is 55.5 Å². The van der Waals surface area contributed by atoms with Gasteiger partial charge >= 0.3 is 0 Å². The van der Waals surface area contributed by atoms with Gasteiger partial charge < -0.3 is 39.1 Å². The highest BCUT2D eigenvalue weighted by Crippen LogP contribution is 2.41. The lowest BCUT2D eigenvalue weighted by Crippen LogP contribution is -3.00. The number of unbranched alkanes of at least 4 members (excludes halogenated alkanes) is 4. The van der Waals surface area contributed by atoms with Crippen molar-refractivity contribution in [1.29, 1.82) is 0 Å². The lowest BCUT2D eigenvalue weighted by molar-refractivity contribution is -0.929. The van der Waals surface area contributed by atoms with E-state index in [-0.39, 0.29) is 20.9 Å². The van der Waals surface area contributed by atoms with Crippen LogP contribution in [0, 0.1) is 0 Å². The minimum absolute atomic E-state index is 0. The van der Waals surface area contributed by atoms with Crippen molar-refractivity contribution in [2.75, 3.05) is 26.2 Å². The van der Waals surface area contributed by atoms with E-state index in [1.165, 1.54) is 150 Å². The minimum atomic E-state index is -0.119. The van der Waals surface area contributed by atoms with Crippen LogP contribution in [0.15, 0.2) is 72.8 Å². The van der Waals surface area contributed by atoms with Crippen LogP contribution in [0.2, 0.25) is 0 Å². The average Bonchev–Trinajstić information content (AvgIpc) is 4.25. The van der Waals surface area contributed by atoms with Gasteiger partial charge in [0.1, 0.15) is 0 Å². The van der Waals surface area contributed by atoms with Crippen molar-refractivity contribution in [2.45, 2.75) is 215 Å². The molecule has 0 amide bonds. The van der Waals surface area contributed by atoms with Crippen LogP contribution < -0.4 is 4.70 Å². The topological polar surface area (TPSA) is 101 Å². The van der Waals surface area contributed by atoms with E-state index in [0.29, 0.717) is 0 Å². The summed E-state index contributed by atoms with van der Waals surface area (Å²) in [5.74, 6) is 0. The Morgan fingerprint density at radius 2 is 0.507 bits per heavy atom. The summed E-state index contributed by atoms with van der Waals surface area (Å²) in [5.41, 5.74) is 14.9. The van der Waals surface area contributed by atoms with Crippen LogP contribution in [0.25, 0.3) is 0 Å². The summed E-state index contributed by atoms with van der Waals surface area (Å²) in [6.07, 6.45) is 17.1. The molecule has 392 valence electrons. The van der Waals surface area contributed by atoms with Crippen LogP contribution >= 0.6 is 0 Å². The van der Waals surface area contributed by atoms with Crippen molar-refractivity contribution in [2.24, 2.45) is 0 Å². The second-order valence-corrected chi connectivity index (χ2v) is 21.7. The van der Waals surface area contributed by atoms with Crippen LogP contribution in [0.3, 0.4) is 0 Å². The molecule has 9 rings (SSSR count). The van der Waals surface area contributed by atoms with Gasteiger partial charge in [0.15, 0.2) is 0 Å². The van der Waals surface area contributed by atoms with E-state index in [2.05, 4.69) is 182 Å². The lowest BCUT2D eigenvalue weighted by atomic mass is 9.76. The number of H-pyrrole nitrogens is 6. The Morgan fingerprint density at radius 3 is 0.662 bits per heavy atom. The molecule has 3 aliphatic rings. The monoisotopic (exact) mass is 974 g/mol. The molecule has 0 saturated carbocycles. The summed E-state index contributed by atoms with van der Waals surface area (Å²) < 4.78 is 1.42. The molecule has 10 heteroatoms. The molecule has 0 aromatic carbocycles. The van der Waals surface area contributed by atoms with E-state index in [9.17, 15) is 0 Å². The van der Waals surface area contributed by atoms with Gasteiger partial charge in [-0.1, -0.05) is 94.9 Å². The largest absolute Gasteiger partial charge is 1.00 e. The summed E-state index contributed by atoms with van der Waals surface area (Å²) >= 11 is 0. The molecule has 6 aromatic heterocycles. The van der Waals surface area contributed by atoms with Crippen molar-refractivity contribution in [3.63, 3.8) is 0 Å². The molecular formula is C61H96FN9. The second kappa shape index (κ2) is 25.4. The Hall–Kier alpha value is -4.51. The van der Waals surface area contributed by atoms with Crippen LogP contribution in [0.4, 0.5) is 0 Å². The van der Waals surface area contributed by atoms with Crippen LogP contribution in [0.5, 0.6) is 0 Å². The fraction of sp³-hybridized carbons (Fsp3) is 0.607. The molecule has 0 fully saturated rings. The van der Waals surface area contributed by atoms with Crippen LogP contribution in [-0.4, -0.2) is 70.4 Å². The lowest BCUT2D eigenvalue weighted by Gasteiger charge is -2.39. The van der Waals surface area contributed by atoms with Gasteiger partial charge in [-0.15, -0.1) is 0 Å². The predicted molar refractivity (Wildman–Crippen MR) is 294 cm³/mol. The molecule has 71 heavy (non-hydrogen) atoms. The third-order valence-electron chi connectivity index (χ3n) is 17.5. The average molecular weight is 974 g/mol. The molecular weight excluding hydrogens is 878 g/mol. The number of quaternary nitrogens is 1. The van der Waals surface area contributed by atoms with Gasteiger partial charge in [0.05, 0.1) is 26.2 Å².